The molecule has 0 bridgehead atoms. The lowest BCUT2D eigenvalue weighted by Gasteiger charge is -2.30. The van der Waals surface area contributed by atoms with Gasteiger partial charge in [-0.05, 0) is 44.1 Å². The quantitative estimate of drug-likeness (QED) is 0.669. The Morgan fingerprint density at radius 3 is 2.79 bits per heavy atom. The van der Waals surface area contributed by atoms with E-state index in [0.29, 0.717) is 13.1 Å². The van der Waals surface area contributed by atoms with Gasteiger partial charge in [0.05, 0.1) is 24.1 Å². The molecule has 3 aromatic rings. The van der Waals surface area contributed by atoms with Gasteiger partial charge in [-0.1, -0.05) is 12.1 Å². The Bertz CT molecular complexity index is 970. The summed E-state index contributed by atoms with van der Waals surface area (Å²) in [5, 5.41) is 6.93. The maximum Gasteiger partial charge on any atom is 0.266 e. The molecule has 0 spiro atoms. The Kier molecular flexibility index (Phi) is 5.48. The number of para-hydroxylation sites is 2. The Morgan fingerprint density at radius 2 is 2.00 bits per heavy atom. The van der Waals surface area contributed by atoms with Crippen LogP contribution in [0.3, 0.4) is 0 Å². The molecule has 0 saturated carbocycles. The molecule has 28 heavy (non-hydrogen) atoms. The van der Waals surface area contributed by atoms with E-state index in [9.17, 15) is 9.59 Å². The number of amides is 1. The highest BCUT2D eigenvalue weighted by molar-refractivity contribution is 5.78. The molecule has 1 aliphatic heterocycles. The number of hydrogen-bond acceptors (Lipinski definition) is 5. The highest BCUT2D eigenvalue weighted by atomic mass is 16.2. The highest BCUT2D eigenvalue weighted by Crippen LogP contribution is 2.19. The van der Waals surface area contributed by atoms with Crippen LogP contribution in [0.2, 0.25) is 0 Å². The second kappa shape index (κ2) is 8.35. The summed E-state index contributed by atoms with van der Waals surface area (Å²) in [6.45, 7) is 3.31. The van der Waals surface area contributed by atoms with Crippen LogP contribution in [0.15, 0.2) is 47.4 Å². The highest BCUT2D eigenvalue weighted by Gasteiger charge is 2.25. The van der Waals surface area contributed by atoms with Gasteiger partial charge in [0, 0.05) is 24.7 Å². The van der Waals surface area contributed by atoms with Crippen molar-refractivity contribution >= 4 is 16.9 Å². The first-order chi connectivity index (χ1) is 13.7. The smallest absolute Gasteiger partial charge is 0.266 e. The van der Waals surface area contributed by atoms with Gasteiger partial charge in [-0.3, -0.25) is 14.5 Å². The lowest BCUT2D eigenvalue weighted by atomic mass is 9.96. The third kappa shape index (κ3) is 4.28. The van der Waals surface area contributed by atoms with Gasteiger partial charge >= 0.3 is 0 Å². The van der Waals surface area contributed by atoms with Crippen molar-refractivity contribution < 1.29 is 4.79 Å². The van der Waals surface area contributed by atoms with Gasteiger partial charge in [-0.25, -0.2) is 9.67 Å². The van der Waals surface area contributed by atoms with Crippen LogP contribution in [-0.2, 0) is 17.9 Å². The standard InChI is InChI=1S/C20H24N6O2/c27-19-6-3-9-22-26(19)13-10-21-20(28)15-7-11-25(12-8-15)14-18-23-16-4-1-2-5-17(16)24-18/h1-6,9,15H,7-8,10-14H2,(H,21,28)(H,23,24). The van der Waals surface area contributed by atoms with E-state index in [1.165, 1.54) is 10.7 Å². The molecule has 2 aromatic heterocycles. The van der Waals surface area contributed by atoms with Crippen molar-refractivity contribution in [1.29, 1.82) is 0 Å². The molecule has 1 fully saturated rings. The number of imidazole rings is 1. The summed E-state index contributed by atoms with van der Waals surface area (Å²) in [6, 6.07) is 11.1. The molecule has 1 aliphatic rings. The number of fused-ring (bicyclic) bond motifs is 1. The molecule has 3 heterocycles. The number of likely N-dealkylation sites (tertiary alicyclic amines) is 1. The SMILES string of the molecule is O=C(NCCn1ncccc1=O)C1CCN(Cc2nc3ccccc3[nH]2)CC1. The molecule has 146 valence electrons. The van der Waals surface area contributed by atoms with Crippen LogP contribution in [0.4, 0.5) is 0 Å². The number of carbonyl (C=O) groups excluding carboxylic acids is 1. The molecule has 8 heteroatoms. The number of H-pyrrole nitrogens is 1. The van der Waals surface area contributed by atoms with Crippen molar-refractivity contribution in [3.63, 3.8) is 0 Å². The van der Waals surface area contributed by atoms with Crippen LogP contribution < -0.4 is 10.9 Å². The number of aromatic nitrogens is 4. The van der Waals surface area contributed by atoms with Gasteiger partial charge in [0.2, 0.25) is 5.91 Å². The Balaban J connectivity index is 1.22. The van der Waals surface area contributed by atoms with Crippen LogP contribution in [0, 0.1) is 5.92 Å². The first kappa shape index (κ1) is 18.4. The molecule has 1 saturated heterocycles. The fraction of sp³-hybridized carbons (Fsp3) is 0.400. The summed E-state index contributed by atoms with van der Waals surface area (Å²) in [5.74, 6) is 1.05. The fourth-order valence-electron chi connectivity index (χ4n) is 3.63. The van der Waals surface area contributed by atoms with E-state index >= 15 is 0 Å². The molecule has 0 aliphatic carbocycles. The predicted octanol–water partition coefficient (Wildman–Crippen LogP) is 1.15. The maximum atomic E-state index is 12.4. The number of hydrogen-bond donors (Lipinski definition) is 2. The van der Waals surface area contributed by atoms with E-state index in [1.54, 1.807) is 12.3 Å². The van der Waals surface area contributed by atoms with Crippen molar-refractivity contribution in [2.75, 3.05) is 19.6 Å². The number of aromatic amines is 1. The molecule has 8 nitrogen and oxygen atoms in total. The van der Waals surface area contributed by atoms with E-state index < -0.39 is 0 Å². The maximum absolute atomic E-state index is 12.4. The Morgan fingerprint density at radius 1 is 1.18 bits per heavy atom. The summed E-state index contributed by atoms with van der Waals surface area (Å²) in [6.07, 6.45) is 3.23. The monoisotopic (exact) mass is 380 g/mol. The minimum absolute atomic E-state index is 0.0207. The van der Waals surface area contributed by atoms with Crippen molar-refractivity contribution in [3.05, 3.63) is 58.8 Å². The Labute approximate surface area is 162 Å². The second-order valence-electron chi connectivity index (χ2n) is 7.13. The van der Waals surface area contributed by atoms with Crippen LogP contribution >= 0.6 is 0 Å². The molecule has 4 rings (SSSR count). The third-order valence-corrected chi connectivity index (χ3v) is 5.18. The summed E-state index contributed by atoms with van der Waals surface area (Å²) < 4.78 is 1.36. The first-order valence-electron chi connectivity index (χ1n) is 9.65. The zero-order valence-corrected chi connectivity index (χ0v) is 15.7. The van der Waals surface area contributed by atoms with Gasteiger partial charge in [0.1, 0.15) is 5.82 Å². The lowest BCUT2D eigenvalue weighted by Crippen LogP contribution is -2.41. The number of benzene rings is 1. The minimum Gasteiger partial charge on any atom is -0.354 e. The van der Waals surface area contributed by atoms with Crippen molar-refractivity contribution in [2.45, 2.75) is 25.9 Å². The van der Waals surface area contributed by atoms with Crippen LogP contribution in [0.5, 0.6) is 0 Å². The van der Waals surface area contributed by atoms with E-state index in [0.717, 1.165) is 49.3 Å². The van der Waals surface area contributed by atoms with Gasteiger partial charge in [0.15, 0.2) is 0 Å². The molecule has 0 atom stereocenters. The summed E-state index contributed by atoms with van der Waals surface area (Å²) in [7, 11) is 0. The zero-order chi connectivity index (χ0) is 19.3. The van der Waals surface area contributed by atoms with Gasteiger partial charge in [-0.2, -0.15) is 5.10 Å². The lowest BCUT2D eigenvalue weighted by molar-refractivity contribution is -0.126. The average molecular weight is 380 g/mol. The van der Waals surface area contributed by atoms with E-state index in [4.69, 9.17) is 0 Å². The van der Waals surface area contributed by atoms with Gasteiger partial charge in [-0.15, -0.1) is 0 Å². The van der Waals surface area contributed by atoms with Crippen LogP contribution in [0.1, 0.15) is 18.7 Å². The Hall–Kier alpha value is -3.00. The molecule has 2 N–H and O–H groups in total. The third-order valence-electron chi connectivity index (χ3n) is 5.18. The number of rotatable bonds is 6. The average Bonchev–Trinajstić information content (AvgIpc) is 3.12. The molecule has 0 unspecified atom stereocenters. The van der Waals surface area contributed by atoms with Crippen molar-refractivity contribution in [3.8, 4) is 0 Å². The van der Waals surface area contributed by atoms with Crippen LogP contribution in [0.25, 0.3) is 11.0 Å². The van der Waals surface area contributed by atoms with Crippen LogP contribution in [-0.4, -0.2) is 50.2 Å². The molecule has 1 amide bonds. The summed E-state index contributed by atoms with van der Waals surface area (Å²) in [5.41, 5.74) is 1.88. The molecule has 0 radical (unpaired) electrons. The number of piperidine rings is 1. The molecule has 1 aromatic carbocycles. The van der Waals surface area contributed by atoms with Gasteiger partial charge in [0.25, 0.3) is 5.56 Å². The van der Waals surface area contributed by atoms with Crippen molar-refractivity contribution in [1.82, 2.24) is 30.0 Å². The summed E-state index contributed by atoms with van der Waals surface area (Å²) >= 11 is 0. The van der Waals surface area contributed by atoms with Crippen molar-refractivity contribution in [2.24, 2.45) is 5.92 Å². The summed E-state index contributed by atoms with van der Waals surface area (Å²) in [4.78, 5) is 34.3. The number of nitrogens with one attached hydrogen (secondary N) is 2. The second-order valence-corrected chi connectivity index (χ2v) is 7.13. The van der Waals surface area contributed by atoms with E-state index in [1.807, 2.05) is 24.3 Å². The predicted molar refractivity (Wildman–Crippen MR) is 106 cm³/mol. The van der Waals surface area contributed by atoms with E-state index in [2.05, 4.69) is 25.3 Å². The normalized spacial score (nSPS) is 15.7. The zero-order valence-electron chi connectivity index (χ0n) is 15.7. The molecular formula is C20H24N6O2. The topological polar surface area (TPSA) is 95.9 Å². The minimum atomic E-state index is -0.157. The number of carbonyl (C=O) groups is 1. The van der Waals surface area contributed by atoms with E-state index in [-0.39, 0.29) is 17.4 Å². The number of nitrogens with zero attached hydrogens (tertiary/aromatic N) is 4. The van der Waals surface area contributed by atoms with Gasteiger partial charge < -0.3 is 10.3 Å². The first-order valence-corrected chi connectivity index (χ1v) is 9.65. The largest absolute Gasteiger partial charge is 0.354 e. The fourth-order valence-corrected chi connectivity index (χ4v) is 3.63. The molecular weight excluding hydrogens is 356 g/mol.